The third-order valence-corrected chi connectivity index (χ3v) is 7.11. The molecule has 2 aliphatic heterocycles. The molecule has 3 fully saturated rings. The van der Waals surface area contributed by atoms with Crippen LogP contribution in [0.15, 0.2) is 36.7 Å². The summed E-state index contributed by atoms with van der Waals surface area (Å²) in [6, 6.07) is 7.87. The second-order valence-electron chi connectivity index (χ2n) is 10.5. The lowest BCUT2D eigenvalue weighted by Crippen LogP contribution is -2.60. The summed E-state index contributed by atoms with van der Waals surface area (Å²) in [6.45, 7) is 7.71. The molecule has 0 bridgehead atoms. The molecule has 3 aromatic heterocycles. The Balaban J connectivity index is 1.31. The maximum absolute atomic E-state index is 13.0. The number of aromatic nitrogens is 4. The number of hydrogen-bond donors (Lipinski definition) is 2. The molecule has 0 unspecified atom stereocenters. The first-order chi connectivity index (χ1) is 17.8. The Labute approximate surface area is 215 Å². The zero-order valence-electron chi connectivity index (χ0n) is 21.1. The Hall–Kier alpha value is -3.63. The molecule has 192 valence electrons. The number of carbonyl (C=O) groups excluding carboxylic acids is 1. The molecular formula is C27H31N7O3. The first-order valence-electron chi connectivity index (χ1n) is 12.8. The van der Waals surface area contributed by atoms with E-state index < -0.39 is 5.60 Å². The SMILES string of the molecule is Cc1ncc(NC(=O)c2cnnc(C3CC3)c2)cc1-c1cc(N2CCOCC2)nc(N2CC(C)(O)C2)c1. The number of carbonyl (C=O) groups is 1. The molecule has 0 radical (unpaired) electrons. The van der Waals surface area contributed by atoms with E-state index in [-0.39, 0.29) is 5.91 Å². The van der Waals surface area contributed by atoms with Gasteiger partial charge in [0.05, 0.1) is 48.2 Å². The summed E-state index contributed by atoms with van der Waals surface area (Å²) in [5, 5.41) is 21.5. The van der Waals surface area contributed by atoms with Crippen LogP contribution in [0.25, 0.3) is 11.1 Å². The number of β-amino-alcohol motifs (C(OH)–C–C–N with tert-alkyl or cyclic N) is 1. The lowest BCUT2D eigenvalue weighted by atomic mass is 9.96. The molecule has 10 nitrogen and oxygen atoms in total. The Morgan fingerprint density at radius 1 is 1.08 bits per heavy atom. The molecule has 10 heteroatoms. The van der Waals surface area contributed by atoms with Gasteiger partial charge in [-0.2, -0.15) is 10.2 Å². The minimum absolute atomic E-state index is 0.236. The molecule has 5 heterocycles. The number of hydrogen-bond acceptors (Lipinski definition) is 9. The predicted molar refractivity (Wildman–Crippen MR) is 140 cm³/mol. The largest absolute Gasteiger partial charge is 0.386 e. The molecule has 1 amide bonds. The van der Waals surface area contributed by atoms with Gasteiger partial charge in [-0.25, -0.2) is 4.98 Å². The van der Waals surface area contributed by atoms with E-state index in [9.17, 15) is 9.90 Å². The van der Waals surface area contributed by atoms with Crippen LogP contribution < -0.4 is 15.1 Å². The molecule has 1 aliphatic carbocycles. The van der Waals surface area contributed by atoms with Gasteiger partial charge in [0.15, 0.2) is 0 Å². The van der Waals surface area contributed by atoms with E-state index in [4.69, 9.17) is 9.72 Å². The maximum Gasteiger partial charge on any atom is 0.257 e. The zero-order valence-corrected chi connectivity index (χ0v) is 21.1. The standard InChI is InChI=1S/C27H31N7O3/c1-17-22(12-21(14-28-17)30-26(35)20-9-23(18-3-4-18)32-29-13-20)19-10-24(33-5-7-37-8-6-33)31-25(11-19)34-15-27(2,36)16-34/h9-14,18,36H,3-8,15-16H2,1-2H3,(H,30,35). The van der Waals surface area contributed by atoms with Crippen molar-refractivity contribution < 1.29 is 14.6 Å². The van der Waals surface area contributed by atoms with Gasteiger partial charge in [-0.15, -0.1) is 0 Å². The van der Waals surface area contributed by atoms with Gasteiger partial charge in [0.1, 0.15) is 11.6 Å². The van der Waals surface area contributed by atoms with E-state index in [1.807, 2.05) is 32.0 Å². The van der Waals surface area contributed by atoms with Crippen LogP contribution in [-0.4, -0.2) is 76.2 Å². The van der Waals surface area contributed by atoms with E-state index in [2.05, 4.69) is 36.4 Å². The van der Waals surface area contributed by atoms with E-state index in [0.717, 1.165) is 60.1 Å². The van der Waals surface area contributed by atoms with Crippen molar-refractivity contribution in [3.05, 3.63) is 53.6 Å². The fourth-order valence-electron chi connectivity index (χ4n) is 4.89. The second kappa shape index (κ2) is 9.35. The fourth-order valence-corrected chi connectivity index (χ4v) is 4.89. The summed E-state index contributed by atoms with van der Waals surface area (Å²) >= 11 is 0. The fraction of sp³-hybridized carbons (Fsp3) is 0.444. The summed E-state index contributed by atoms with van der Waals surface area (Å²) in [5.74, 6) is 1.87. The molecular weight excluding hydrogens is 470 g/mol. The highest BCUT2D eigenvalue weighted by molar-refractivity contribution is 6.04. The second-order valence-corrected chi connectivity index (χ2v) is 10.5. The van der Waals surface area contributed by atoms with E-state index in [1.54, 1.807) is 6.20 Å². The van der Waals surface area contributed by atoms with Crippen LogP contribution in [-0.2, 0) is 4.74 Å². The molecule has 3 aliphatic rings. The van der Waals surface area contributed by atoms with Gasteiger partial charge in [-0.05, 0) is 56.5 Å². The number of pyridine rings is 2. The molecule has 37 heavy (non-hydrogen) atoms. The van der Waals surface area contributed by atoms with Gasteiger partial charge >= 0.3 is 0 Å². The minimum atomic E-state index is -0.709. The van der Waals surface area contributed by atoms with Gasteiger partial charge in [0.2, 0.25) is 0 Å². The molecule has 0 spiro atoms. The van der Waals surface area contributed by atoms with Crippen molar-refractivity contribution in [3.8, 4) is 11.1 Å². The average molecular weight is 502 g/mol. The summed E-state index contributed by atoms with van der Waals surface area (Å²) in [5.41, 5.74) is 3.98. The normalized spacial score (nSPS) is 18.9. The highest BCUT2D eigenvalue weighted by Crippen LogP contribution is 2.39. The quantitative estimate of drug-likeness (QED) is 0.526. The topological polar surface area (TPSA) is 117 Å². The number of amides is 1. The van der Waals surface area contributed by atoms with Crippen molar-refractivity contribution in [1.29, 1.82) is 0 Å². The van der Waals surface area contributed by atoms with Crippen molar-refractivity contribution in [2.75, 3.05) is 54.5 Å². The van der Waals surface area contributed by atoms with E-state index in [0.29, 0.717) is 43.5 Å². The summed E-state index contributed by atoms with van der Waals surface area (Å²) in [4.78, 5) is 26.8. The van der Waals surface area contributed by atoms with Crippen molar-refractivity contribution in [2.45, 2.75) is 38.2 Å². The van der Waals surface area contributed by atoms with Gasteiger partial charge in [-0.1, -0.05) is 0 Å². The highest BCUT2D eigenvalue weighted by Gasteiger charge is 2.37. The van der Waals surface area contributed by atoms with Crippen LogP contribution in [0.1, 0.15) is 47.4 Å². The number of rotatable bonds is 6. The lowest BCUT2D eigenvalue weighted by molar-refractivity contribution is 0.0305. The molecule has 1 saturated carbocycles. The Kier molecular flexibility index (Phi) is 6.00. The molecule has 6 rings (SSSR count). The molecule has 0 atom stereocenters. The van der Waals surface area contributed by atoms with Crippen molar-refractivity contribution in [2.24, 2.45) is 0 Å². The summed E-state index contributed by atoms with van der Waals surface area (Å²) in [7, 11) is 0. The number of aryl methyl sites for hydroxylation is 1. The Bertz CT molecular complexity index is 1330. The van der Waals surface area contributed by atoms with Gasteiger partial charge in [-0.3, -0.25) is 9.78 Å². The minimum Gasteiger partial charge on any atom is -0.386 e. The molecule has 0 aromatic carbocycles. The number of anilines is 3. The number of nitrogens with zero attached hydrogens (tertiary/aromatic N) is 6. The number of morpholine rings is 1. The molecule has 2 saturated heterocycles. The monoisotopic (exact) mass is 501 g/mol. The van der Waals surface area contributed by atoms with Crippen LogP contribution in [0, 0.1) is 6.92 Å². The van der Waals surface area contributed by atoms with Crippen molar-refractivity contribution in [3.63, 3.8) is 0 Å². The summed E-state index contributed by atoms with van der Waals surface area (Å²) in [6.07, 6.45) is 5.36. The predicted octanol–water partition coefficient (Wildman–Crippen LogP) is 2.78. The Morgan fingerprint density at radius 3 is 2.51 bits per heavy atom. The first-order valence-corrected chi connectivity index (χ1v) is 12.8. The van der Waals surface area contributed by atoms with Crippen LogP contribution in [0.4, 0.5) is 17.3 Å². The van der Waals surface area contributed by atoms with Gasteiger partial charge in [0, 0.05) is 43.4 Å². The van der Waals surface area contributed by atoms with E-state index in [1.165, 1.54) is 6.20 Å². The van der Waals surface area contributed by atoms with Crippen molar-refractivity contribution >= 4 is 23.2 Å². The molecule has 2 N–H and O–H groups in total. The molecule has 3 aromatic rings. The number of nitrogens with one attached hydrogen (secondary N) is 1. The maximum atomic E-state index is 13.0. The summed E-state index contributed by atoms with van der Waals surface area (Å²) < 4.78 is 5.53. The van der Waals surface area contributed by atoms with Crippen LogP contribution >= 0.6 is 0 Å². The van der Waals surface area contributed by atoms with E-state index >= 15 is 0 Å². The lowest BCUT2D eigenvalue weighted by Gasteiger charge is -2.45. The zero-order chi connectivity index (χ0) is 25.6. The number of aliphatic hydroxyl groups is 1. The van der Waals surface area contributed by atoms with Crippen LogP contribution in [0.3, 0.4) is 0 Å². The number of ether oxygens (including phenoxy) is 1. The van der Waals surface area contributed by atoms with Crippen LogP contribution in [0.2, 0.25) is 0 Å². The smallest absolute Gasteiger partial charge is 0.257 e. The average Bonchev–Trinajstić information content (AvgIpc) is 3.74. The third kappa shape index (κ3) is 5.12. The van der Waals surface area contributed by atoms with Crippen molar-refractivity contribution in [1.82, 2.24) is 20.2 Å². The Morgan fingerprint density at radius 2 is 1.81 bits per heavy atom. The highest BCUT2D eigenvalue weighted by atomic mass is 16.5. The van der Waals surface area contributed by atoms with Crippen LogP contribution in [0.5, 0.6) is 0 Å². The van der Waals surface area contributed by atoms with Gasteiger partial charge in [0.25, 0.3) is 5.91 Å². The van der Waals surface area contributed by atoms with Gasteiger partial charge < -0.3 is 25.0 Å². The first kappa shape index (κ1) is 23.7. The third-order valence-electron chi connectivity index (χ3n) is 7.11.